The van der Waals surface area contributed by atoms with E-state index >= 15 is 0 Å². The molecule has 1 aromatic heterocycles. The summed E-state index contributed by atoms with van der Waals surface area (Å²) in [6.07, 6.45) is 4.72. The number of carbonyl (C=O) groups is 1. The van der Waals surface area contributed by atoms with Crippen LogP contribution in [-0.4, -0.2) is 46.2 Å². The first-order chi connectivity index (χ1) is 13.6. The molecule has 28 heavy (non-hydrogen) atoms. The van der Waals surface area contributed by atoms with E-state index in [4.69, 9.17) is 16.3 Å². The molecule has 1 aromatic carbocycles. The van der Waals surface area contributed by atoms with Crippen molar-refractivity contribution in [2.75, 3.05) is 19.5 Å². The first-order valence-electron chi connectivity index (χ1n) is 9.68. The Kier molecular flexibility index (Phi) is 7.76. The van der Waals surface area contributed by atoms with Crippen molar-refractivity contribution in [3.05, 3.63) is 29.3 Å². The largest absolute Gasteiger partial charge is 0.383 e. The predicted octanol–water partition coefficient (Wildman–Crippen LogP) is 4.03. The van der Waals surface area contributed by atoms with Crippen LogP contribution in [0.25, 0.3) is 11.4 Å². The molecular formula is C20H27ClN4O2S. The average molecular weight is 423 g/mol. The number of amides is 1. The number of halogens is 1. The first-order valence-corrected chi connectivity index (χ1v) is 11.0. The zero-order valence-electron chi connectivity index (χ0n) is 16.4. The van der Waals surface area contributed by atoms with E-state index in [0.29, 0.717) is 35.0 Å². The summed E-state index contributed by atoms with van der Waals surface area (Å²) in [6, 6.07) is 7.79. The Bertz CT molecular complexity index is 781. The maximum absolute atomic E-state index is 12.4. The van der Waals surface area contributed by atoms with Gasteiger partial charge in [0.15, 0.2) is 11.0 Å². The zero-order valence-corrected chi connectivity index (χ0v) is 17.9. The third kappa shape index (κ3) is 5.49. The number of aromatic nitrogens is 3. The topological polar surface area (TPSA) is 69.0 Å². The molecule has 1 saturated carbocycles. The van der Waals surface area contributed by atoms with Crippen LogP contribution in [0.3, 0.4) is 0 Å². The van der Waals surface area contributed by atoms with Crippen molar-refractivity contribution in [1.82, 2.24) is 20.1 Å². The van der Waals surface area contributed by atoms with E-state index in [1.807, 2.05) is 28.8 Å². The van der Waals surface area contributed by atoms with Gasteiger partial charge >= 0.3 is 0 Å². The van der Waals surface area contributed by atoms with Gasteiger partial charge in [-0.25, -0.2) is 0 Å². The average Bonchev–Trinajstić information content (AvgIpc) is 3.10. The highest BCUT2D eigenvalue weighted by Crippen LogP contribution is 2.26. The molecule has 0 saturated heterocycles. The number of ether oxygens (including phenoxy) is 1. The van der Waals surface area contributed by atoms with Gasteiger partial charge in [-0.3, -0.25) is 9.36 Å². The van der Waals surface area contributed by atoms with Crippen LogP contribution in [0.4, 0.5) is 0 Å². The zero-order chi connectivity index (χ0) is 19.9. The molecule has 0 unspecified atom stereocenters. The highest BCUT2D eigenvalue weighted by molar-refractivity contribution is 7.99. The van der Waals surface area contributed by atoms with Gasteiger partial charge in [-0.05, 0) is 43.0 Å². The second-order valence-electron chi connectivity index (χ2n) is 7.18. The number of nitrogens with one attached hydrogen (secondary N) is 1. The van der Waals surface area contributed by atoms with Crippen LogP contribution in [0.1, 0.15) is 32.6 Å². The number of carbonyl (C=O) groups excluding carboxylic acids is 1. The van der Waals surface area contributed by atoms with E-state index in [2.05, 4.69) is 22.4 Å². The van der Waals surface area contributed by atoms with Gasteiger partial charge in [0.25, 0.3) is 0 Å². The Labute approximate surface area is 175 Å². The summed E-state index contributed by atoms with van der Waals surface area (Å²) in [5.74, 6) is 1.68. The Morgan fingerprint density at radius 2 is 2.04 bits per heavy atom. The lowest BCUT2D eigenvalue weighted by molar-refractivity contribution is -0.119. The quantitative estimate of drug-likeness (QED) is 0.650. The Morgan fingerprint density at radius 1 is 1.29 bits per heavy atom. The van der Waals surface area contributed by atoms with Crippen LogP contribution in [0.15, 0.2) is 29.4 Å². The molecule has 1 aliphatic carbocycles. The molecular weight excluding hydrogens is 396 g/mol. The normalized spacial score (nSPS) is 19.5. The lowest BCUT2D eigenvalue weighted by Gasteiger charge is -2.29. The lowest BCUT2D eigenvalue weighted by Crippen LogP contribution is -2.41. The van der Waals surface area contributed by atoms with Crippen molar-refractivity contribution in [1.29, 1.82) is 0 Å². The standard InChI is InChI=1S/C20H27ClN4O2S/c1-14-5-3-4-6-17(14)22-18(26)13-28-20-24-23-19(25(20)11-12-27-2)15-7-9-16(21)10-8-15/h7-10,14,17H,3-6,11-13H2,1-2H3,(H,22,26)/t14-,17+/m1/s1. The van der Waals surface area contributed by atoms with Gasteiger partial charge in [0, 0.05) is 23.7 Å². The molecule has 6 nitrogen and oxygen atoms in total. The molecule has 0 spiro atoms. The summed E-state index contributed by atoms with van der Waals surface area (Å²) < 4.78 is 7.23. The number of hydrogen-bond acceptors (Lipinski definition) is 5. The van der Waals surface area contributed by atoms with Crippen molar-refractivity contribution in [3.8, 4) is 11.4 Å². The molecule has 8 heteroatoms. The van der Waals surface area contributed by atoms with Gasteiger partial charge in [0.1, 0.15) is 0 Å². The molecule has 1 aliphatic rings. The summed E-state index contributed by atoms with van der Waals surface area (Å²) in [5, 5.41) is 13.2. The molecule has 1 N–H and O–H groups in total. The van der Waals surface area contributed by atoms with Crippen molar-refractivity contribution >= 4 is 29.3 Å². The van der Waals surface area contributed by atoms with Crippen LogP contribution >= 0.6 is 23.4 Å². The van der Waals surface area contributed by atoms with Gasteiger partial charge in [0.2, 0.25) is 5.91 Å². The van der Waals surface area contributed by atoms with Gasteiger partial charge in [-0.2, -0.15) is 0 Å². The van der Waals surface area contributed by atoms with Crippen LogP contribution in [0.5, 0.6) is 0 Å². The molecule has 2 atom stereocenters. The summed E-state index contributed by atoms with van der Waals surface area (Å²) in [5.41, 5.74) is 0.931. The molecule has 1 amide bonds. The maximum Gasteiger partial charge on any atom is 0.230 e. The predicted molar refractivity (Wildman–Crippen MR) is 113 cm³/mol. The number of nitrogens with zero attached hydrogens (tertiary/aromatic N) is 3. The minimum absolute atomic E-state index is 0.0538. The smallest absolute Gasteiger partial charge is 0.230 e. The minimum Gasteiger partial charge on any atom is -0.383 e. The maximum atomic E-state index is 12.4. The molecule has 2 aromatic rings. The lowest BCUT2D eigenvalue weighted by atomic mass is 9.86. The second-order valence-corrected chi connectivity index (χ2v) is 8.56. The van der Waals surface area contributed by atoms with Crippen LogP contribution in [-0.2, 0) is 16.1 Å². The highest BCUT2D eigenvalue weighted by atomic mass is 35.5. The summed E-state index contributed by atoms with van der Waals surface area (Å²) in [6.45, 7) is 3.38. The van der Waals surface area contributed by atoms with E-state index in [-0.39, 0.29) is 11.9 Å². The van der Waals surface area contributed by atoms with E-state index in [0.717, 1.165) is 17.8 Å². The first kappa shape index (κ1) is 21.1. The summed E-state index contributed by atoms with van der Waals surface area (Å²) >= 11 is 7.40. The van der Waals surface area contributed by atoms with Crippen molar-refractivity contribution in [2.45, 2.75) is 50.4 Å². The molecule has 1 heterocycles. The van der Waals surface area contributed by atoms with Crippen molar-refractivity contribution in [2.24, 2.45) is 5.92 Å². The molecule has 152 valence electrons. The number of methoxy groups -OCH3 is 1. The molecule has 0 bridgehead atoms. The number of rotatable bonds is 8. The van der Waals surface area contributed by atoms with E-state index in [1.165, 1.54) is 31.0 Å². The van der Waals surface area contributed by atoms with Crippen LogP contribution < -0.4 is 5.32 Å². The highest BCUT2D eigenvalue weighted by Gasteiger charge is 2.23. The SMILES string of the molecule is COCCn1c(SCC(=O)N[C@H]2CCCC[C@H]2C)nnc1-c1ccc(Cl)cc1. The second kappa shape index (κ2) is 10.3. The van der Waals surface area contributed by atoms with Gasteiger partial charge in [-0.15, -0.1) is 10.2 Å². The van der Waals surface area contributed by atoms with Crippen molar-refractivity contribution < 1.29 is 9.53 Å². The van der Waals surface area contributed by atoms with Gasteiger partial charge in [0.05, 0.1) is 18.9 Å². The Hall–Kier alpha value is -1.57. The van der Waals surface area contributed by atoms with Gasteiger partial charge in [-0.1, -0.05) is 43.1 Å². The Morgan fingerprint density at radius 3 is 2.75 bits per heavy atom. The van der Waals surface area contributed by atoms with Crippen molar-refractivity contribution in [3.63, 3.8) is 0 Å². The fraction of sp³-hybridized carbons (Fsp3) is 0.550. The Balaban J connectivity index is 1.67. The summed E-state index contributed by atoms with van der Waals surface area (Å²) in [4.78, 5) is 12.4. The van der Waals surface area contributed by atoms with E-state index in [9.17, 15) is 4.79 Å². The molecule has 1 fully saturated rings. The van der Waals surface area contributed by atoms with Crippen LogP contribution in [0, 0.1) is 5.92 Å². The fourth-order valence-electron chi connectivity index (χ4n) is 3.50. The fourth-order valence-corrected chi connectivity index (χ4v) is 4.40. The number of hydrogen-bond donors (Lipinski definition) is 1. The third-order valence-corrected chi connectivity index (χ3v) is 6.35. The van der Waals surface area contributed by atoms with E-state index < -0.39 is 0 Å². The minimum atomic E-state index is 0.0538. The monoisotopic (exact) mass is 422 g/mol. The number of thioether (sulfide) groups is 1. The molecule has 0 aliphatic heterocycles. The molecule has 0 radical (unpaired) electrons. The molecule has 3 rings (SSSR count). The van der Waals surface area contributed by atoms with E-state index in [1.54, 1.807) is 7.11 Å². The summed E-state index contributed by atoms with van der Waals surface area (Å²) in [7, 11) is 1.66. The van der Waals surface area contributed by atoms with Gasteiger partial charge < -0.3 is 10.1 Å². The number of benzene rings is 1. The van der Waals surface area contributed by atoms with Crippen LogP contribution in [0.2, 0.25) is 5.02 Å². The third-order valence-electron chi connectivity index (χ3n) is 5.13.